The van der Waals surface area contributed by atoms with Gasteiger partial charge in [0.1, 0.15) is 35.9 Å². The van der Waals surface area contributed by atoms with E-state index < -0.39 is 0 Å². The fourth-order valence-corrected chi connectivity index (χ4v) is 4.28. The molecule has 0 saturated carbocycles. The molecule has 1 saturated heterocycles. The molecule has 10 heteroatoms. The van der Waals surface area contributed by atoms with Crippen molar-refractivity contribution < 1.29 is 9.53 Å². The molecule has 1 fully saturated rings. The number of rotatable bonds is 4. The first-order chi connectivity index (χ1) is 16.2. The summed E-state index contributed by atoms with van der Waals surface area (Å²) in [5, 5.41) is 10.6. The third kappa shape index (κ3) is 4.96. The van der Waals surface area contributed by atoms with Crippen molar-refractivity contribution in [2.24, 2.45) is 4.99 Å². The number of amides is 1. The maximum absolute atomic E-state index is 13.3. The molecule has 2 N–H and O–H groups in total. The van der Waals surface area contributed by atoms with Gasteiger partial charge in [-0.3, -0.25) is 15.1 Å². The Bertz CT molecular complexity index is 1090. The molecule has 4 heterocycles. The summed E-state index contributed by atoms with van der Waals surface area (Å²) in [4.78, 5) is 30.9. The number of fused-ring (bicyclic) bond motifs is 3. The van der Waals surface area contributed by atoms with Crippen LogP contribution in [0.3, 0.4) is 0 Å². The zero-order chi connectivity index (χ0) is 24.5. The molecule has 182 valence electrons. The highest BCUT2D eigenvalue weighted by Gasteiger charge is 2.30. The van der Waals surface area contributed by atoms with Gasteiger partial charge < -0.3 is 19.5 Å². The summed E-state index contributed by atoms with van der Waals surface area (Å²) in [6, 6.07) is 1.92. The van der Waals surface area contributed by atoms with Crippen LogP contribution in [0.2, 0.25) is 0 Å². The molecule has 2 aliphatic rings. The van der Waals surface area contributed by atoms with Crippen molar-refractivity contribution in [3.05, 3.63) is 29.8 Å². The molecule has 4 rings (SSSR count). The molecular formula is C24H34N8O2. The van der Waals surface area contributed by atoms with Gasteiger partial charge in [-0.2, -0.15) is 0 Å². The quantitative estimate of drug-likeness (QED) is 0.528. The second-order valence-electron chi connectivity index (χ2n) is 9.91. The predicted molar refractivity (Wildman–Crippen MR) is 132 cm³/mol. The van der Waals surface area contributed by atoms with Crippen LogP contribution in [0.4, 0.5) is 0 Å². The van der Waals surface area contributed by atoms with E-state index in [1.165, 1.54) is 0 Å². The van der Waals surface area contributed by atoms with E-state index in [1.807, 2.05) is 29.5 Å². The number of aromatic nitrogens is 3. The van der Waals surface area contributed by atoms with Gasteiger partial charge in [0.2, 0.25) is 0 Å². The van der Waals surface area contributed by atoms with Crippen molar-refractivity contribution in [3.8, 4) is 17.1 Å². The smallest absolute Gasteiger partial charge is 0.272 e. The van der Waals surface area contributed by atoms with Gasteiger partial charge >= 0.3 is 0 Å². The second kappa shape index (κ2) is 9.54. The summed E-state index contributed by atoms with van der Waals surface area (Å²) < 4.78 is 7.90. The summed E-state index contributed by atoms with van der Waals surface area (Å²) in [6.07, 6.45) is 4.53. The monoisotopic (exact) mass is 466 g/mol. The Morgan fingerprint density at radius 2 is 1.94 bits per heavy atom. The summed E-state index contributed by atoms with van der Waals surface area (Å²) in [5.41, 5.74) is 1.85. The van der Waals surface area contributed by atoms with Crippen LogP contribution in [0.25, 0.3) is 11.4 Å². The first kappa shape index (κ1) is 23.9. The van der Waals surface area contributed by atoms with Crippen LogP contribution >= 0.6 is 0 Å². The van der Waals surface area contributed by atoms with Crippen LogP contribution in [0.1, 0.15) is 50.8 Å². The second-order valence-corrected chi connectivity index (χ2v) is 9.91. The number of nitrogens with one attached hydrogen (secondary N) is 2. The van der Waals surface area contributed by atoms with Crippen LogP contribution in [0, 0.1) is 5.41 Å². The molecule has 10 nitrogen and oxygen atoms in total. The molecule has 34 heavy (non-hydrogen) atoms. The minimum Gasteiger partial charge on any atom is -0.489 e. The van der Waals surface area contributed by atoms with E-state index in [0.717, 1.165) is 25.0 Å². The Morgan fingerprint density at radius 3 is 2.59 bits per heavy atom. The molecule has 0 aromatic carbocycles. The molecule has 0 atom stereocenters. The Morgan fingerprint density at radius 1 is 1.21 bits per heavy atom. The SMILES string of the molecule is CC(C)N/C(=N\C=N)c1cn2c(n1)-c1cc(C(=O)N3CCN(C(C)(C)C)CC3)ncc1OCC2. The number of amidine groups is 1. The Hall–Kier alpha value is -3.27. The van der Waals surface area contributed by atoms with E-state index in [0.29, 0.717) is 55.0 Å². The number of pyridine rings is 1. The average Bonchev–Trinajstić information content (AvgIpc) is 3.14. The molecule has 0 aliphatic carbocycles. The number of hydrogen-bond donors (Lipinski definition) is 2. The highest BCUT2D eigenvalue weighted by Crippen LogP contribution is 2.32. The van der Waals surface area contributed by atoms with Crippen LogP contribution < -0.4 is 10.1 Å². The van der Waals surface area contributed by atoms with Gasteiger partial charge in [-0.1, -0.05) is 0 Å². The lowest BCUT2D eigenvalue weighted by Gasteiger charge is -2.42. The maximum atomic E-state index is 13.3. The molecule has 0 unspecified atom stereocenters. The van der Waals surface area contributed by atoms with Crippen molar-refractivity contribution in [2.75, 3.05) is 32.8 Å². The number of carbonyl (C=O) groups is 1. The average molecular weight is 467 g/mol. The normalized spacial score (nSPS) is 17.0. The van der Waals surface area contributed by atoms with Crippen LogP contribution in [0.15, 0.2) is 23.5 Å². The molecule has 2 aromatic heterocycles. The van der Waals surface area contributed by atoms with Crippen molar-refractivity contribution in [2.45, 2.75) is 52.7 Å². The Kier molecular flexibility index (Phi) is 6.70. The van der Waals surface area contributed by atoms with Crippen molar-refractivity contribution in [1.29, 1.82) is 5.41 Å². The lowest BCUT2D eigenvalue weighted by atomic mass is 10.0. The predicted octanol–water partition coefficient (Wildman–Crippen LogP) is 2.25. The third-order valence-electron chi connectivity index (χ3n) is 6.07. The lowest BCUT2D eigenvalue weighted by Crippen LogP contribution is -2.54. The Labute approximate surface area is 200 Å². The number of piperazine rings is 1. The highest BCUT2D eigenvalue weighted by molar-refractivity contribution is 6.01. The van der Waals surface area contributed by atoms with Gasteiger partial charge in [-0.05, 0) is 40.7 Å². The molecule has 1 amide bonds. The first-order valence-electron chi connectivity index (χ1n) is 11.8. The number of hydrogen-bond acceptors (Lipinski definition) is 6. The van der Waals surface area contributed by atoms with Crippen molar-refractivity contribution in [1.82, 2.24) is 29.7 Å². The van der Waals surface area contributed by atoms with Crippen LogP contribution in [0.5, 0.6) is 5.75 Å². The van der Waals surface area contributed by atoms with E-state index in [4.69, 9.17) is 15.1 Å². The molecule has 0 bridgehead atoms. The zero-order valence-electron chi connectivity index (χ0n) is 20.6. The van der Waals surface area contributed by atoms with E-state index in [-0.39, 0.29) is 17.5 Å². The molecular weight excluding hydrogens is 432 g/mol. The summed E-state index contributed by atoms with van der Waals surface area (Å²) >= 11 is 0. The lowest BCUT2D eigenvalue weighted by molar-refractivity contribution is 0.0447. The number of imidazole rings is 1. The van der Waals surface area contributed by atoms with Gasteiger partial charge in [0.25, 0.3) is 5.91 Å². The van der Waals surface area contributed by atoms with Crippen molar-refractivity contribution in [3.63, 3.8) is 0 Å². The minimum absolute atomic E-state index is 0.0773. The topological polar surface area (TPSA) is 112 Å². The molecule has 2 aliphatic heterocycles. The van der Waals surface area contributed by atoms with E-state index in [1.54, 1.807) is 12.3 Å². The summed E-state index contributed by atoms with van der Waals surface area (Å²) in [6.45, 7) is 14.7. The Balaban J connectivity index is 1.62. The van der Waals surface area contributed by atoms with Crippen molar-refractivity contribution >= 4 is 18.1 Å². The highest BCUT2D eigenvalue weighted by atomic mass is 16.5. The summed E-state index contributed by atoms with van der Waals surface area (Å²) in [5.74, 6) is 1.76. The number of ether oxygens (including phenoxy) is 1. The van der Waals surface area contributed by atoms with Gasteiger partial charge in [0.15, 0.2) is 5.84 Å². The van der Waals surface area contributed by atoms with Gasteiger partial charge in [-0.15, -0.1) is 0 Å². The van der Waals surface area contributed by atoms with Crippen LogP contribution in [-0.2, 0) is 6.54 Å². The van der Waals surface area contributed by atoms with E-state index >= 15 is 0 Å². The standard InChI is InChI=1S/C24H34N8O2/c1-16(2)28-21(27-15-25)19-14-31-10-11-34-20-13-26-18(12-17(20)22(31)29-19)23(33)30-6-8-32(9-7-30)24(3,4)5/h12-16H,6-11H2,1-5H3,(H2,25,27,28). The largest absolute Gasteiger partial charge is 0.489 e. The van der Waals surface area contributed by atoms with Crippen LogP contribution in [-0.4, -0.2) is 86.8 Å². The fraction of sp³-hybridized carbons (Fsp3) is 0.542. The number of carbonyl (C=O) groups excluding carboxylic acids is 1. The maximum Gasteiger partial charge on any atom is 0.272 e. The van der Waals surface area contributed by atoms with E-state index in [9.17, 15) is 4.79 Å². The molecule has 0 spiro atoms. The van der Waals surface area contributed by atoms with Gasteiger partial charge in [0.05, 0.1) is 18.3 Å². The van der Waals surface area contributed by atoms with Gasteiger partial charge in [0, 0.05) is 44.0 Å². The fourth-order valence-electron chi connectivity index (χ4n) is 4.28. The third-order valence-corrected chi connectivity index (χ3v) is 6.07. The number of nitrogens with zero attached hydrogens (tertiary/aromatic N) is 6. The summed E-state index contributed by atoms with van der Waals surface area (Å²) in [7, 11) is 0. The first-order valence-corrected chi connectivity index (χ1v) is 11.8. The number of aliphatic imine (C=N–C) groups is 1. The van der Waals surface area contributed by atoms with E-state index in [2.05, 4.69) is 41.0 Å². The molecule has 0 radical (unpaired) electrons. The molecule has 2 aromatic rings. The van der Waals surface area contributed by atoms with Gasteiger partial charge in [-0.25, -0.2) is 15.0 Å². The minimum atomic E-state index is -0.0773. The zero-order valence-corrected chi connectivity index (χ0v) is 20.6.